The first-order chi connectivity index (χ1) is 11.0. The maximum Gasteiger partial charge on any atom is 0.242 e. The smallest absolute Gasteiger partial charge is 0.242 e. The van der Waals surface area contributed by atoms with Crippen molar-refractivity contribution in [2.45, 2.75) is 19.4 Å². The van der Waals surface area contributed by atoms with Gasteiger partial charge in [0, 0.05) is 20.0 Å². The van der Waals surface area contributed by atoms with Gasteiger partial charge in [0.05, 0.1) is 19.6 Å². The zero-order valence-electron chi connectivity index (χ0n) is 13.1. The van der Waals surface area contributed by atoms with Crippen LogP contribution in [0, 0.1) is 0 Å². The maximum absolute atomic E-state index is 12.3. The Kier molecular flexibility index (Phi) is 5.56. The quantitative estimate of drug-likeness (QED) is 0.827. The van der Waals surface area contributed by atoms with Crippen molar-refractivity contribution in [3.63, 3.8) is 0 Å². The molecule has 124 valence electrons. The van der Waals surface area contributed by atoms with Gasteiger partial charge in [-0.2, -0.15) is 0 Å². The van der Waals surface area contributed by atoms with E-state index in [1.165, 1.54) is 16.7 Å². The molecular weight excluding hydrogens is 298 g/mol. The van der Waals surface area contributed by atoms with E-state index in [9.17, 15) is 14.4 Å². The van der Waals surface area contributed by atoms with Gasteiger partial charge in [-0.3, -0.25) is 14.4 Å². The third-order valence-corrected chi connectivity index (χ3v) is 3.80. The largest absolute Gasteiger partial charge is 0.493 e. The minimum Gasteiger partial charge on any atom is -0.493 e. The monoisotopic (exact) mass is 319 g/mol. The summed E-state index contributed by atoms with van der Waals surface area (Å²) in [7, 11) is 0. The minimum atomic E-state index is -0.781. The lowest BCUT2D eigenvalue weighted by Gasteiger charge is -2.39. The van der Waals surface area contributed by atoms with Gasteiger partial charge in [0.2, 0.25) is 17.7 Å². The Morgan fingerprint density at radius 3 is 2.52 bits per heavy atom. The molecule has 0 radical (unpaired) electrons. The summed E-state index contributed by atoms with van der Waals surface area (Å²) in [5, 5.41) is 0. The summed E-state index contributed by atoms with van der Waals surface area (Å²) in [4.78, 5) is 38.3. The summed E-state index contributed by atoms with van der Waals surface area (Å²) in [5.41, 5.74) is 5.38. The molecule has 23 heavy (non-hydrogen) atoms. The lowest BCUT2D eigenvalue weighted by molar-refractivity contribution is -0.147. The highest BCUT2D eigenvalue weighted by molar-refractivity contribution is 5.88. The van der Waals surface area contributed by atoms with Crippen LogP contribution in [-0.4, -0.2) is 59.8 Å². The fourth-order valence-electron chi connectivity index (χ4n) is 2.53. The predicted molar refractivity (Wildman–Crippen MR) is 83.5 cm³/mol. The van der Waals surface area contributed by atoms with Crippen molar-refractivity contribution in [3.05, 3.63) is 30.3 Å². The predicted octanol–water partition coefficient (Wildman–Crippen LogP) is 0.000100. The first-order valence-corrected chi connectivity index (χ1v) is 7.51. The second kappa shape index (κ2) is 7.62. The number of nitrogens with zero attached hydrogens (tertiary/aromatic N) is 2. The molecule has 1 aliphatic heterocycles. The van der Waals surface area contributed by atoms with E-state index in [1.54, 1.807) is 0 Å². The molecule has 3 amide bonds. The first-order valence-electron chi connectivity index (χ1n) is 7.51. The summed E-state index contributed by atoms with van der Waals surface area (Å²) in [6.07, 6.45) is 0.152. The highest BCUT2D eigenvalue weighted by atomic mass is 16.5. The molecule has 0 spiro atoms. The highest BCUT2D eigenvalue weighted by Gasteiger charge is 2.34. The van der Waals surface area contributed by atoms with E-state index in [1.807, 2.05) is 30.3 Å². The van der Waals surface area contributed by atoms with Crippen LogP contribution in [0.4, 0.5) is 0 Å². The molecule has 1 aromatic carbocycles. The standard InChI is InChI=1S/C16H21N3O4/c1-12(20)18-8-9-19(14(11-18)16(17)22)15(21)7-10-23-13-5-3-2-4-6-13/h2-6,14H,7-11H2,1H3,(H2,17,22)/t14-/m1/s1. The van der Waals surface area contributed by atoms with Crippen LogP contribution in [0.25, 0.3) is 0 Å². The van der Waals surface area contributed by atoms with Crippen molar-refractivity contribution < 1.29 is 19.1 Å². The molecule has 1 fully saturated rings. The van der Waals surface area contributed by atoms with E-state index in [0.29, 0.717) is 18.8 Å². The van der Waals surface area contributed by atoms with Crippen molar-refractivity contribution in [2.24, 2.45) is 5.73 Å². The van der Waals surface area contributed by atoms with E-state index < -0.39 is 11.9 Å². The van der Waals surface area contributed by atoms with E-state index >= 15 is 0 Å². The van der Waals surface area contributed by atoms with Gasteiger partial charge in [-0.05, 0) is 12.1 Å². The Hall–Kier alpha value is -2.57. The lowest BCUT2D eigenvalue weighted by Crippen LogP contribution is -2.60. The Morgan fingerprint density at radius 1 is 1.22 bits per heavy atom. The second-order valence-corrected chi connectivity index (χ2v) is 5.38. The molecule has 1 atom stereocenters. The molecule has 1 saturated heterocycles. The topological polar surface area (TPSA) is 92.9 Å². The van der Waals surface area contributed by atoms with Crippen molar-refractivity contribution in [2.75, 3.05) is 26.2 Å². The molecule has 7 heteroatoms. The number of hydrogen-bond donors (Lipinski definition) is 1. The van der Waals surface area contributed by atoms with E-state index in [-0.39, 0.29) is 31.4 Å². The highest BCUT2D eigenvalue weighted by Crippen LogP contribution is 2.13. The third kappa shape index (κ3) is 4.45. The van der Waals surface area contributed by atoms with Crippen LogP contribution in [-0.2, 0) is 14.4 Å². The summed E-state index contributed by atoms with van der Waals surface area (Å²) < 4.78 is 5.49. The van der Waals surface area contributed by atoms with Crippen LogP contribution < -0.4 is 10.5 Å². The second-order valence-electron chi connectivity index (χ2n) is 5.38. The average molecular weight is 319 g/mol. The van der Waals surface area contributed by atoms with Crippen LogP contribution in [0.3, 0.4) is 0 Å². The third-order valence-electron chi connectivity index (χ3n) is 3.80. The number of carbonyl (C=O) groups is 3. The Labute approximate surface area is 135 Å². The number of rotatable bonds is 5. The van der Waals surface area contributed by atoms with Crippen molar-refractivity contribution in [3.8, 4) is 5.75 Å². The number of ether oxygens (including phenoxy) is 1. The van der Waals surface area contributed by atoms with Gasteiger partial charge in [-0.25, -0.2) is 0 Å². The van der Waals surface area contributed by atoms with Crippen molar-refractivity contribution in [1.29, 1.82) is 0 Å². The number of hydrogen-bond acceptors (Lipinski definition) is 4. The molecule has 0 bridgehead atoms. The molecule has 1 aromatic rings. The number of carbonyl (C=O) groups excluding carboxylic acids is 3. The number of nitrogens with two attached hydrogens (primary N) is 1. The minimum absolute atomic E-state index is 0.129. The zero-order chi connectivity index (χ0) is 16.8. The van der Waals surface area contributed by atoms with Crippen molar-refractivity contribution >= 4 is 17.7 Å². The Morgan fingerprint density at radius 2 is 1.91 bits per heavy atom. The molecule has 0 saturated carbocycles. The SMILES string of the molecule is CC(=O)N1CCN(C(=O)CCOc2ccccc2)[C@@H](C(N)=O)C1. The van der Waals surface area contributed by atoms with Crippen LogP contribution in [0.2, 0.25) is 0 Å². The van der Waals surface area contributed by atoms with Crippen LogP contribution >= 0.6 is 0 Å². The normalized spacial score (nSPS) is 17.7. The molecule has 0 unspecified atom stereocenters. The van der Waals surface area contributed by atoms with Gasteiger partial charge in [0.15, 0.2) is 0 Å². The van der Waals surface area contributed by atoms with Gasteiger partial charge < -0.3 is 20.3 Å². The van der Waals surface area contributed by atoms with E-state index in [0.717, 1.165) is 0 Å². The summed E-state index contributed by atoms with van der Waals surface area (Å²) in [6.45, 7) is 2.52. The average Bonchev–Trinajstić information content (AvgIpc) is 2.55. The molecule has 1 heterocycles. The Bertz CT molecular complexity index is 576. The van der Waals surface area contributed by atoms with Crippen molar-refractivity contribution in [1.82, 2.24) is 9.80 Å². The van der Waals surface area contributed by atoms with Gasteiger partial charge in [-0.1, -0.05) is 18.2 Å². The van der Waals surface area contributed by atoms with Gasteiger partial charge in [0.1, 0.15) is 11.8 Å². The number of piperazine rings is 1. The number of benzene rings is 1. The number of amides is 3. The maximum atomic E-state index is 12.3. The fourth-order valence-corrected chi connectivity index (χ4v) is 2.53. The van der Waals surface area contributed by atoms with Crippen LogP contribution in [0.15, 0.2) is 30.3 Å². The van der Waals surface area contributed by atoms with Gasteiger partial charge in [-0.15, -0.1) is 0 Å². The van der Waals surface area contributed by atoms with Gasteiger partial charge in [0.25, 0.3) is 0 Å². The molecule has 0 aromatic heterocycles. The van der Waals surface area contributed by atoms with Crippen LogP contribution in [0.5, 0.6) is 5.75 Å². The first kappa shape index (κ1) is 16.8. The molecule has 7 nitrogen and oxygen atoms in total. The van der Waals surface area contributed by atoms with Gasteiger partial charge >= 0.3 is 0 Å². The number of para-hydroxylation sites is 1. The number of primary amides is 1. The van der Waals surface area contributed by atoms with E-state index in [2.05, 4.69) is 0 Å². The molecule has 0 aliphatic carbocycles. The molecule has 2 N–H and O–H groups in total. The zero-order valence-corrected chi connectivity index (χ0v) is 13.1. The molecular formula is C16H21N3O4. The summed E-state index contributed by atoms with van der Waals surface area (Å²) in [6, 6.07) is 8.41. The van der Waals surface area contributed by atoms with Crippen LogP contribution in [0.1, 0.15) is 13.3 Å². The summed E-state index contributed by atoms with van der Waals surface area (Å²) >= 11 is 0. The van der Waals surface area contributed by atoms with E-state index in [4.69, 9.17) is 10.5 Å². The molecule has 2 rings (SSSR count). The Balaban J connectivity index is 1.89. The summed E-state index contributed by atoms with van der Waals surface area (Å²) in [5.74, 6) is -0.245. The lowest BCUT2D eigenvalue weighted by atomic mass is 10.1. The molecule has 1 aliphatic rings. The fraction of sp³-hybridized carbons (Fsp3) is 0.438.